The third kappa shape index (κ3) is 6.22. The highest BCUT2D eigenvalue weighted by molar-refractivity contribution is 7.89. The third-order valence-electron chi connectivity index (χ3n) is 3.51. The van der Waals surface area contributed by atoms with Gasteiger partial charge in [-0.1, -0.05) is 19.9 Å². The Morgan fingerprint density at radius 2 is 2.08 bits per heavy atom. The highest BCUT2D eigenvalue weighted by Gasteiger charge is 2.28. The Kier molecular flexibility index (Phi) is 6.77. The van der Waals surface area contributed by atoms with E-state index in [9.17, 15) is 13.2 Å². The van der Waals surface area contributed by atoms with Gasteiger partial charge in [-0.05, 0) is 43.4 Å². The predicted octanol–water partition coefficient (Wildman–Crippen LogP) is 1.92. The minimum absolute atomic E-state index is 0.0401. The van der Waals surface area contributed by atoms with Gasteiger partial charge >= 0.3 is 0 Å². The van der Waals surface area contributed by atoms with Gasteiger partial charge in [0.2, 0.25) is 10.0 Å². The fraction of sp³-hybridized carbons (Fsp3) is 0.588. The van der Waals surface area contributed by atoms with Gasteiger partial charge in [-0.3, -0.25) is 4.79 Å². The van der Waals surface area contributed by atoms with E-state index < -0.39 is 10.0 Å². The molecule has 2 N–H and O–H groups in total. The maximum atomic E-state index is 12.2. The first-order valence-electron chi connectivity index (χ1n) is 8.37. The molecule has 6 nitrogen and oxygen atoms in total. The highest BCUT2D eigenvalue weighted by atomic mass is 32.2. The van der Waals surface area contributed by atoms with Crippen molar-refractivity contribution in [3.05, 3.63) is 29.8 Å². The first-order valence-corrected chi connectivity index (χ1v) is 9.85. The van der Waals surface area contributed by atoms with Gasteiger partial charge in [0.25, 0.3) is 5.91 Å². The van der Waals surface area contributed by atoms with Gasteiger partial charge in [-0.15, -0.1) is 0 Å². The van der Waals surface area contributed by atoms with E-state index in [1.54, 1.807) is 12.1 Å². The van der Waals surface area contributed by atoms with Gasteiger partial charge in [-0.2, -0.15) is 0 Å². The van der Waals surface area contributed by atoms with E-state index >= 15 is 0 Å². The van der Waals surface area contributed by atoms with Crippen molar-refractivity contribution in [2.24, 2.45) is 5.92 Å². The molecule has 0 bridgehead atoms. The first kappa shape index (κ1) is 18.9. The summed E-state index contributed by atoms with van der Waals surface area (Å²) < 4.78 is 32.4. The van der Waals surface area contributed by atoms with Crippen molar-refractivity contribution in [3.63, 3.8) is 0 Å². The van der Waals surface area contributed by atoms with Crippen LogP contribution in [0.4, 0.5) is 0 Å². The Morgan fingerprint density at radius 1 is 1.33 bits per heavy atom. The molecule has 1 fully saturated rings. The lowest BCUT2D eigenvalue weighted by molar-refractivity contribution is 0.0925. The summed E-state index contributed by atoms with van der Waals surface area (Å²) in [4.78, 5) is 12.3. The minimum atomic E-state index is -3.54. The molecule has 1 saturated carbocycles. The molecule has 0 saturated heterocycles. The van der Waals surface area contributed by atoms with Crippen LogP contribution in [0.2, 0.25) is 0 Å². The number of rotatable bonds is 10. The number of sulfonamides is 1. The number of amides is 1. The van der Waals surface area contributed by atoms with E-state index in [0.717, 1.165) is 19.3 Å². The molecule has 1 aromatic rings. The zero-order chi connectivity index (χ0) is 17.6. The van der Waals surface area contributed by atoms with Crippen LogP contribution >= 0.6 is 0 Å². The fourth-order valence-corrected chi connectivity index (χ4v) is 3.44. The van der Waals surface area contributed by atoms with Crippen LogP contribution in [0.3, 0.4) is 0 Å². The molecule has 7 heteroatoms. The summed E-state index contributed by atoms with van der Waals surface area (Å²) in [5.74, 6) is 0.218. The zero-order valence-electron chi connectivity index (χ0n) is 14.2. The van der Waals surface area contributed by atoms with Crippen molar-refractivity contribution in [2.45, 2.75) is 44.0 Å². The third-order valence-corrected chi connectivity index (χ3v) is 5.03. The molecule has 24 heavy (non-hydrogen) atoms. The number of hydrogen-bond acceptors (Lipinski definition) is 4. The van der Waals surface area contributed by atoms with Gasteiger partial charge in [0.1, 0.15) is 0 Å². The number of carbonyl (C=O) groups excluding carboxylic acids is 1. The van der Waals surface area contributed by atoms with Crippen LogP contribution in [0.25, 0.3) is 0 Å². The summed E-state index contributed by atoms with van der Waals surface area (Å²) in [7, 11) is -3.54. The molecule has 0 atom stereocenters. The van der Waals surface area contributed by atoms with E-state index in [1.165, 1.54) is 12.1 Å². The van der Waals surface area contributed by atoms with Crippen LogP contribution in [0.15, 0.2) is 29.2 Å². The maximum Gasteiger partial charge on any atom is 0.251 e. The van der Waals surface area contributed by atoms with Crippen molar-refractivity contribution in [1.82, 2.24) is 10.0 Å². The second-order valence-electron chi connectivity index (χ2n) is 6.50. The van der Waals surface area contributed by atoms with E-state index in [2.05, 4.69) is 23.9 Å². The molecule has 0 spiro atoms. The van der Waals surface area contributed by atoms with Crippen LogP contribution in [-0.2, 0) is 14.8 Å². The monoisotopic (exact) mass is 354 g/mol. The largest absolute Gasteiger partial charge is 0.381 e. The summed E-state index contributed by atoms with van der Waals surface area (Å²) in [5.41, 5.74) is 0.344. The van der Waals surface area contributed by atoms with E-state index in [4.69, 9.17) is 4.74 Å². The Hall–Kier alpha value is -1.44. The Labute approximate surface area is 144 Å². The molecule has 134 valence electrons. The van der Waals surface area contributed by atoms with Crippen molar-refractivity contribution >= 4 is 15.9 Å². The van der Waals surface area contributed by atoms with Crippen molar-refractivity contribution in [2.75, 3.05) is 19.8 Å². The average molecular weight is 354 g/mol. The molecule has 2 rings (SSSR count). The molecule has 1 amide bonds. The SMILES string of the molecule is CC(C)COCCCNC(=O)c1cccc(S(=O)(=O)NC2CC2)c1. The van der Waals surface area contributed by atoms with Crippen LogP contribution in [0, 0.1) is 5.92 Å². The summed E-state index contributed by atoms with van der Waals surface area (Å²) in [6.07, 6.45) is 2.47. The predicted molar refractivity (Wildman–Crippen MR) is 92.4 cm³/mol. The Balaban J connectivity index is 1.83. The topological polar surface area (TPSA) is 84.5 Å². The van der Waals surface area contributed by atoms with Crippen LogP contribution < -0.4 is 10.0 Å². The molecule has 0 aliphatic heterocycles. The molecule has 1 aromatic carbocycles. The smallest absolute Gasteiger partial charge is 0.251 e. The van der Waals surface area contributed by atoms with E-state index in [-0.39, 0.29) is 16.8 Å². The van der Waals surface area contributed by atoms with Crippen LogP contribution in [0.5, 0.6) is 0 Å². The molecular formula is C17H26N2O4S. The standard InChI is InChI=1S/C17H26N2O4S/c1-13(2)12-23-10-4-9-18-17(20)14-5-3-6-16(11-14)24(21,22)19-15-7-8-15/h3,5-6,11,13,15,19H,4,7-10,12H2,1-2H3,(H,18,20). The lowest BCUT2D eigenvalue weighted by Gasteiger charge is -2.09. The maximum absolute atomic E-state index is 12.2. The van der Waals surface area contributed by atoms with E-state index in [1.807, 2.05) is 0 Å². The average Bonchev–Trinajstić information content (AvgIpc) is 3.33. The zero-order valence-corrected chi connectivity index (χ0v) is 15.1. The van der Waals surface area contributed by atoms with E-state index in [0.29, 0.717) is 31.2 Å². The number of hydrogen-bond donors (Lipinski definition) is 2. The van der Waals surface area contributed by atoms with Gasteiger partial charge < -0.3 is 10.1 Å². The van der Waals surface area contributed by atoms with Crippen molar-refractivity contribution in [3.8, 4) is 0 Å². The molecule has 0 radical (unpaired) electrons. The summed E-state index contributed by atoms with van der Waals surface area (Å²) in [6.45, 7) is 5.97. The highest BCUT2D eigenvalue weighted by Crippen LogP contribution is 2.22. The number of benzene rings is 1. The second kappa shape index (κ2) is 8.60. The number of carbonyl (C=O) groups is 1. The lowest BCUT2D eigenvalue weighted by atomic mass is 10.2. The van der Waals surface area contributed by atoms with Crippen molar-refractivity contribution < 1.29 is 17.9 Å². The number of nitrogens with one attached hydrogen (secondary N) is 2. The first-order chi connectivity index (χ1) is 11.4. The molecule has 0 unspecified atom stereocenters. The Morgan fingerprint density at radius 3 is 2.75 bits per heavy atom. The second-order valence-corrected chi connectivity index (χ2v) is 8.22. The number of ether oxygens (including phenoxy) is 1. The fourth-order valence-electron chi connectivity index (χ4n) is 2.09. The Bertz CT molecular complexity index is 654. The summed E-state index contributed by atoms with van der Waals surface area (Å²) in [6, 6.07) is 6.15. The van der Waals surface area contributed by atoms with Crippen LogP contribution in [-0.4, -0.2) is 40.1 Å². The summed E-state index contributed by atoms with van der Waals surface area (Å²) >= 11 is 0. The van der Waals surface area contributed by atoms with Crippen LogP contribution in [0.1, 0.15) is 43.5 Å². The normalized spacial score (nSPS) is 14.8. The lowest BCUT2D eigenvalue weighted by Crippen LogP contribution is -2.27. The summed E-state index contributed by atoms with van der Waals surface area (Å²) in [5, 5.41) is 2.78. The molecule has 0 heterocycles. The van der Waals surface area contributed by atoms with Crippen molar-refractivity contribution in [1.29, 1.82) is 0 Å². The quantitative estimate of drug-likeness (QED) is 0.629. The molecule has 1 aliphatic rings. The van der Waals surface area contributed by atoms with Gasteiger partial charge in [0, 0.05) is 31.4 Å². The molecule has 1 aliphatic carbocycles. The molecular weight excluding hydrogens is 328 g/mol. The molecule has 0 aromatic heterocycles. The van der Waals surface area contributed by atoms with Gasteiger partial charge in [0.05, 0.1) is 4.90 Å². The van der Waals surface area contributed by atoms with Gasteiger partial charge in [-0.25, -0.2) is 13.1 Å². The minimum Gasteiger partial charge on any atom is -0.381 e. The van der Waals surface area contributed by atoms with Gasteiger partial charge in [0.15, 0.2) is 0 Å².